The molecule has 0 amide bonds. The van der Waals surface area contributed by atoms with Gasteiger partial charge in [-0.15, -0.1) is 0 Å². The molecule has 0 bridgehead atoms. The smallest absolute Gasteiger partial charge is 0.126 e. The van der Waals surface area contributed by atoms with Crippen LogP contribution >= 0.6 is 11.6 Å². The molecule has 1 aromatic carbocycles. The molecule has 1 heterocycles. The Labute approximate surface area is 97.0 Å². The number of aromatic amines is 1. The van der Waals surface area contributed by atoms with Crippen molar-refractivity contribution in [3.8, 4) is 0 Å². The molecule has 0 radical (unpaired) electrons. The number of nitrogens with one attached hydrogen (secondary N) is 1. The van der Waals surface area contributed by atoms with Crippen LogP contribution in [0.15, 0.2) is 23.4 Å². The van der Waals surface area contributed by atoms with Crippen molar-refractivity contribution in [3.63, 3.8) is 0 Å². The first-order valence-electron chi connectivity index (χ1n) is 4.85. The quantitative estimate of drug-likeness (QED) is 0.805. The minimum atomic E-state index is -0.524. The number of aromatic nitrogens is 2. The number of hydrogen-bond acceptors (Lipinski definition) is 4. The van der Waals surface area contributed by atoms with Gasteiger partial charge in [0.1, 0.15) is 11.9 Å². The third-order valence-corrected chi connectivity index (χ3v) is 2.70. The topological polar surface area (TPSA) is 84.1 Å². The van der Waals surface area contributed by atoms with E-state index in [2.05, 4.69) is 15.1 Å². The van der Waals surface area contributed by atoms with Crippen LogP contribution in [-0.2, 0) is 0 Å². The van der Waals surface area contributed by atoms with Gasteiger partial charge in [0.2, 0.25) is 0 Å². The lowest BCUT2D eigenvalue weighted by molar-refractivity contribution is 0.564. The first kappa shape index (κ1) is 11.0. The number of rotatable bonds is 3. The lowest BCUT2D eigenvalue weighted by Gasteiger charge is -2.09. The van der Waals surface area contributed by atoms with Gasteiger partial charge in [-0.05, 0) is 25.1 Å². The van der Waals surface area contributed by atoms with Gasteiger partial charge in [0.05, 0.1) is 17.1 Å². The molecule has 6 heteroatoms. The van der Waals surface area contributed by atoms with Gasteiger partial charge in [0.25, 0.3) is 0 Å². The summed E-state index contributed by atoms with van der Waals surface area (Å²) in [5, 5.41) is 3.51. The maximum absolute atomic E-state index is 10.4. The lowest BCUT2D eigenvalue weighted by Crippen LogP contribution is -2.22. The van der Waals surface area contributed by atoms with Gasteiger partial charge >= 0.3 is 0 Å². The average Bonchev–Trinajstić information content (AvgIpc) is 2.69. The van der Waals surface area contributed by atoms with Gasteiger partial charge in [-0.25, -0.2) is 4.98 Å². The molecular formula is C10H11ClN4O. The summed E-state index contributed by atoms with van der Waals surface area (Å²) in [6.07, 6.45) is 0. The predicted octanol–water partition coefficient (Wildman–Crippen LogP) is 2.37. The number of fused-ring (bicyclic) bond motifs is 1. The zero-order valence-electron chi connectivity index (χ0n) is 8.64. The van der Waals surface area contributed by atoms with Crippen molar-refractivity contribution in [2.75, 3.05) is 0 Å². The highest BCUT2D eigenvalue weighted by atomic mass is 35.5. The fraction of sp³-hybridized carbons (Fsp3) is 0.300. The van der Waals surface area contributed by atoms with Gasteiger partial charge in [-0.1, -0.05) is 16.8 Å². The molecule has 2 atom stereocenters. The van der Waals surface area contributed by atoms with Crippen molar-refractivity contribution in [1.29, 1.82) is 0 Å². The zero-order chi connectivity index (χ0) is 11.7. The van der Waals surface area contributed by atoms with E-state index in [1.807, 2.05) is 0 Å². The maximum Gasteiger partial charge on any atom is 0.126 e. The van der Waals surface area contributed by atoms with Crippen molar-refractivity contribution in [2.24, 2.45) is 10.9 Å². The number of nitroso groups, excluding NO2 is 1. The summed E-state index contributed by atoms with van der Waals surface area (Å²) >= 11 is 5.85. The van der Waals surface area contributed by atoms with Gasteiger partial charge in [-0.2, -0.15) is 4.91 Å². The summed E-state index contributed by atoms with van der Waals surface area (Å²) in [6.45, 7) is 1.65. The second kappa shape index (κ2) is 4.19. The molecule has 16 heavy (non-hydrogen) atoms. The van der Waals surface area contributed by atoms with E-state index in [4.69, 9.17) is 17.3 Å². The van der Waals surface area contributed by atoms with Crippen LogP contribution in [0.3, 0.4) is 0 Å². The zero-order valence-corrected chi connectivity index (χ0v) is 9.40. The first-order chi connectivity index (χ1) is 7.61. The Morgan fingerprint density at radius 2 is 2.31 bits per heavy atom. The van der Waals surface area contributed by atoms with E-state index in [0.717, 1.165) is 11.0 Å². The Morgan fingerprint density at radius 1 is 1.56 bits per heavy atom. The Morgan fingerprint density at radius 3 is 3.00 bits per heavy atom. The van der Waals surface area contributed by atoms with Crippen LogP contribution in [0.2, 0.25) is 5.02 Å². The minimum absolute atomic E-state index is 0.518. The number of halogens is 1. The lowest BCUT2D eigenvalue weighted by atomic mass is 10.1. The second-order valence-electron chi connectivity index (χ2n) is 3.66. The molecule has 0 fully saturated rings. The SMILES string of the molecule is C[C@@H](N=O)[C@H](N)c1nc2ccc(Cl)cc2[nH]1. The molecule has 2 rings (SSSR count). The minimum Gasteiger partial charge on any atom is -0.341 e. The molecule has 0 unspecified atom stereocenters. The summed E-state index contributed by atoms with van der Waals surface area (Å²) in [5.74, 6) is 0.546. The molecule has 84 valence electrons. The number of nitrogens with zero attached hydrogens (tertiary/aromatic N) is 2. The van der Waals surface area contributed by atoms with Crippen LogP contribution in [0.4, 0.5) is 0 Å². The fourth-order valence-corrected chi connectivity index (χ4v) is 1.63. The van der Waals surface area contributed by atoms with Crippen LogP contribution in [0, 0.1) is 4.91 Å². The van der Waals surface area contributed by atoms with Crippen LogP contribution in [0.5, 0.6) is 0 Å². The standard InChI is InChI=1S/C10H11ClN4O/c1-5(15-16)9(12)10-13-7-3-2-6(11)4-8(7)14-10/h2-5,9H,12H2,1H3,(H,13,14)/t5-,9+/m1/s1. The van der Waals surface area contributed by atoms with Crippen molar-refractivity contribution < 1.29 is 0 Å². The highest BCUT2D eigenvalue weighted by Crippen LogP contribution is 2.21. The Bertz CT molecular complexity index is 525. The number of nitrogens with two attached hydrogens (primary N) is 1. The normalized spacial score (nSPS) is 14.9. The largest absolute Gasteiger partial charge is 0.341 e. The molecule has 0 aliphatic heterocycles. The predicted molar refractivity (Wildman–Crippen MR) is 63.3 cm³/mol. The molecule has 0 saturated carbocycles. The average molecular weight is 239 g/mol. The van der Waals surface area contributed by atoms with E-state index >= 15 is 0 Å². The maximum atomic E-state index is 10.4. The molecule has 0 spiro atoms. The Balaban J connectivity index is 2.43. The second-order valence-corrected chi connectivity index (χ2v) is 4.09. The number of imidazole rings is 1. The summed E-state index contributed by atoms with van der Waals surface area (Å²) < 4.78 is 0. The highest BCUT2D eigenvalue weighted by molar-refractivity contribution is 6.31. The number of hydrogen-bond donors (Lipinski definition) is 2. The van der Waals surface area contributed by atoms with Crippen molar-refractivity contribution in [1.82, 2.24) is 9.97 Å². The van der Waals surface area contributed by atoms with Gasteiger partial charge in [0, 0.05) is 5.02 Å². The first-order valence-corrected chi connectivity index (χ1v) is 5.23. The molecular weight excluding hydrogens is 228 g/mol. The summed E-state index contributed by atoms with van der Waals surface area (Å²) in [6, 6.07) is 4.27. The van der Waals surface area contributed by atoms with E-state index in [-0.39, 0.29) is 0 Å². The van der Waals surface area contributed by atoms with Gasteiger partial charge in [-0.3, -0.25) is 0 Å². The molecule has 0 saturated heterocycles. The monoisotopic (exact) mass is 238 g/mol. The van der Waals surface area contributed by atoms with E-state index in [0.29, 0.717) is 10.8 Å². The Kier molecular flexibility index (Phi) is 2.89. The number of benzene rings is 1. The van der Waals surface area contributed by atoms with Gasteiger partial charge < -0.3 is 10.7 Å². The van der Waals surface area contributed by atoms with Crippen molar-refractivity contribution in [2.45, 2.75) is 19.0 Å². The third kappa shape index (κ3) is 1.91. The number of H-pyrrole nitrogens is 1. The summed E-state index contributed by atoms with van der Waals surface area (Å²) in [7, 11) is 0. The van der Waals surface area contributed by atoms with E-state index < -0.39 is 12.1 Å². The Hall–Kier alpha value is -1.46. The summed E-state index contributed by atoms with van der Waals surface area (Å²) in [5.41, 5.74) is 7.40. The fourth-order valence-electron chi connectivity index (χ4n) is 1.45. The highest BCUT2D eigenvalue weighted by Gasteiger charge is 2.18. The molecule has 1 aromatic heterocycles. The van der Waals surface area contributed by atoms with Crippen molar-refractivity contribution in [3.05, 3.63) is 34.0 Å². The third-order valence-electron chi connectivity index (χ3n) is 2.46. The van der Waals surface area contributed by atoms with E-state index in [9.17, 15) is 4.91 Å². The van der Waals surface area contributed by atoms with Crippen LogP contribution in [-0.4, -0.2) is 16.0 Å². The van der Waals surface area contributed by atoms with Crippen LogP contribution in [0.1, 0.15) is 18.8 Å². The van der Waals surface area contributed by atoms with Crippen LogP contribution < -0.4 is 5.73 Å². The molecule has 5 nitrogen and oxygen atoms in total. The van der Waals surface area contributed by atoms with E-state index in [1.165, 1.54) is 0 Å². The molecule has 3 N–H and O–H groups in total. The van der Waals surface area contributed by atoms with Crippen molar-refractivity contribution >= 4 is 22.6 Å². The summed E-state index contributed by atoms with van der Waals surface area (Å²) in [4.78, 5) is 17.7. The van der Waals surface area contributed by atoms with E-state index in [1.54, 1.807) is 25.1 Å². The van der Waals surface area contributed by atoms with Crippen LogP contribution in [0.25, 0.3) is 11.0 Å². The molecule has 2 aromatic rings. The molecule has 0 aliphatic carbocycles. The molecule has 0 aliphatic rings. The van der Waals surface area contributed by atoms with Gasteiger partial charge in [0.15, 0.2) is 0 Å².